The number of halogens is 6. The molecule has 0 bridgehead atoms. The maximum absolute atomic E-state index is 14.0. The molecule has 0 heterocycles. The molecule has 0 aliphatic rings. The monoisotopic (exact) mass is 488 g/mol. The number of rotatable bonds is 8. The van der Waals surface area contributed by atoms with Crippen molar-refractivity contribution in [2.24, 2.45) is 0 Å². The molecule has 3 N–H and O–H groups in total. The third-order valence-electron chi connectivity index (χ3n) is 4.33. The van der Waals surface area contributed by atoms with E-state index in [9.17, 15) is 45.8 Å². The van der Waals surface area contributed by atoms with E-state index in [1.165, 1.54) is 26.1 Å². The Morgan fingerprint density at radius 2 is 1.45 bits per heavy atom. The number of nitrogens with one attached hydrogen (secondary N) is 2. The maximum atomic E-state index is 14.0. The van der Waals surface area contributed by atoms with Gasteiger partial charge in [-0.2, -0.15) is 26.3 Å². The van der Waals surface area contributed by atoms with Crippen molar-refractivity contribution in [3.63, 3.8) is 0 Å². The van der Waals surface area contributed by atoms with Crippen molar-refractivity contribution in [1.29, 1.82) is 0 Å². The number of anilines is 1. The molecule has 186 valence electrons. The third kappa shape index (κ3) is 5.49. The number of hydrogen-bond donors (Lipinski definition) is 3. The molecule has 2 atom stereocenters. The molecule has 1 aromatic rings. The summed E-state index contributed by atoms with van der Waals surface area (Å²) >= 11 is 0. The van der Waals surface area contributed by atoms with Crippen LogP contribution >= 0.6 is 0 Å². The minimum atomic E-state index is -5.62. The van der Waals surface area contributed by atoms with Crippen LogP contribution in [-0.2, 0) is 29.5 Å². The Hall–Kier alpha value is -3.03. The zero-order valence-corrected chi connectivity index (χ0v) is 17.9. The summed E-state index contributed by atoms with van der Waals surface area (Å²) in [6, 6.07) is 1.91. The Bertz CT molecular complexity index is 904. The number of benzene rings is 1. The topological polar surface area (TPSA) is 114 Å². The van der Waals surface area contributed by atoms with E-state index in [4.69, 9.17) is 0 Å². The molecule has 1 aromatic carbocycles. The van der Waals surface area contributed by atoms with Crippen LogP contribution in [0.1, 0.15) is 31.9 Å². The predicted octanol–water partition coefficient (Wildman–Crippen LogP) is 2.68. The molecule has 1 amide bonds. The van der Waals surface area contributed by atoms with E-state index in [-0.39, 0.29) is 5.56 Å². The van der Waals surface area contributed by atoms with Crippen LogP contribution < -0.4 is 10.6 Å². The van der Waals surface area contributed by atoms with Gasteiger partial charge in [-0.15, -0.1) is 0 Å². The van der Waals surface area contributed by atoms with E-state index in [2.05, 4.69) is 9.47 Å². The number of carbonyl (C=O) groups is 3. The Kier molecular flexibility index (Phi) is 8.36. The number of alkyl halides is 6. The number of carbonyl (C=O) groups excluding carboxylic acids is 3. The van der Waals surface area contributed by atoms with E-state index in [0.717, 1.165) is 6.07 Å². The van der Waals surface area contributed by atoms with Crippen molar-refractivity contribution in [1.82, 2.24) is 5.32 Å². The molecule has 0 saturated heterocycles. The zero-order valence-electron chi connectivity index (χ0n) is 17.9. The van der Waals surface area contributed by atoms with Crippen molar-refractivity contribution >= 4 is 23.5 Å². The quantitative estimate of drug-likeness (QED) is 0.293. The van der Waals surface area contributed by atoms with Gasteiger partial charge in [-0.1, -0.05) is 12.1 Å². The van der Waals surface area contributed by atoms with E-state index < -0.39 is 65.9 Å². The van der Waals surface area contributed by atoms with E-state index >= 15 is 0 Å². The molecule has 8 nitrogen and oxygen atoms in total. The van der Waals surface area contributed by atoms with Crippen molar-refractivity contribution in [2.45, 2.75) is 51.3 Å². The van der Waals surface area contributed by atoms with Gasteiger partial charge in [0.15, 0.2) is 0 Å². The molecule has 0 aliphatic carbocycles. The summed E-state index contributed by atoms with van der Waals surface area (Å²) < 4.78 is 91.6. The lowest BCUT2D eigenvalue weighted by Crippen LogP contribution is -2.69. The lowest BCUT2D eigenvalue weighted by atomic mass is 9.91. The van der Waals surface area contributed by atoms with Gasteiger partial charge in [-0.25, -0.2) is 9.59 Å². The molecule has 14 heteroatoms. The van der Waals surface area contributed by atoms with Crippen molar-refractivity contribution < 1.29 is 55.3 Å². The first kappa shape index (κ1) is 28.0. The molecular weight excluding hydrogens is 466 g/mol. The van der Waals surface area contributed by atoms with Crippen LogP contribution in [0.25, 0.3) is 0 Å². The average molecular weight is 488 g/mol. The first-order valence-corrected chi connectivity index (χ1v) is 9.36. The van der Waals surface area contributed by atoms with Gasteiger partial charge in [0.25, 0.3) is 5.60 Å². The van der Waals surface area contributed by atoms with Gasteiger partial charge in [0.1, 0.15) is 0 Å². The van der Waals surface area contributed by atoms with E-state index in [1.807, 2.05) is 0 Å². The van der Waals surface area contributed by atoms with Gasteiger partial charge in [-0.05, 0) is 32.4 Å². The zero-order chi connectivity index (χ0) is 25.8. The summed E-state index contributed by atoms with van der Waals surface area (Å²) in [6.07, 6.45) is -11.2. The Labute approximate surface area is 184 Å². The predicted molar refractivity (Wildman–Crippen MR) is 101 cm³/mol. The van der Waals surface area contributed by atoms with Crippen molar-refractivity contribution in [3.8, 4) is 0 Å². The van der Waals surface area contributed by atoms with Crippen molar-refractivity contribution in [2.75, 3.05) is 18.5 Å². The summed E-state index contributed by atoms with van der Waals surface area (Å²) in [6.45, 7) is 3.17. The molecule has 33 heavy (non-hydrogen) atoms. The van der Waals surface area contributed by atoms with Crippen LogP contribution in [0.3, 0.4) is 0 Å². The minimum absolute atomic E-state index is 0.129. The second kappa shape index (κ2) is 9.85. The first-order chi connectivity index (χ1) is 15.0. The highest BCUT2D eigenvalue weighted by Crippen LogP contribution is 2.42. The largest absolute Gasteiger partial charge is 0.463 e. The number of hydrogen-bond acceptors (Lipinski definition) is 7. The maximum Gasteiger partial charge on any atom is 0.441 e. The lowest BCUT2D eigenvalue weighted by Gasteiger charge is -2.36. The molecule has 0 aromatic heterocycles. The number of esters is 2. The summed E-state index contributed by atoms with van der Waals surface area (Å²) in [7, 11) is 0. The minimum Gasteiger partial charge on any atom is -0.463 e. The highest BCUT2D eigenvalue weighted by Gasteiger charge is 2.64. The molecule has 0 unspecified atom stereocenters. The van der Waals surface area contributed by atoms with E-state index in [1.54, 1.807) is 5.32 Å². The molecular formula is C19H22F6N2O6. The van der Waals surface area contributed by atoms with Gasteiger partial charge >= 0.3 is 30.0 Å². The number of aryl methyl sites for hydroxylation is 1. The number of ether oxygens (including phenoxy) is 2. The van der Waals surface area contributed by atoms with Crippen LogP contribution in [0.2, 0.25) is 0 Å². The molecule has 0 radical (unpaired) electrons. The van der Waals surface area contributed by atoms with Crippen LogP contribution in [0, 0.1) is 6.92 Å². The van der Waals surface area contributed by atoms with Gasteiger partial charge in [0.05, 0.1) is 13.2 Å². The number of aliphatic hydroxyl groups is 1. The highest BCUT2D eigenvalue weighted by atomic mass is 19.4. The molecule has 0 fully saturated rings. The fourth-order valence-electron chi connectivity index (χ4n) is 2.71. The van der Waals surface area contributed by atoms with Crippen LogP contribution in [0.15, 0.2) is 18.2 Å². The van der Waals surface area contributed by atoms with Gasteiger partial charge in [-0.3, -0.25) is 4.79 Å². The third-order valence-corrected chi connectivity index (χ3v) is 4.33. The van der Waals surface area contributed by atoms with Gasteiger partial charge in [0.2, 0.25) is 5.91 Å². The molecule has 1 rings (SSSR count). The first-order valence-electron chi connectivity index (χ1n) is 9.36. The summed E-state index contributed by atoms with van der Waals surface area (Å²) in [5, 5.41) is 13.3. The fourth-order valence-corrected chi connectivity index (χ4v) is 2.71. The molecule has 0 saturated carbocycles. The number of amides is 1. The fraction of sp³-hybridized carbons (Fsp3) is 0.526. The van der Waals surface area contributed by atoms with Crippen LogP contribution in [-0.4, -0.2) is 54.2 Å². The van der Waals surface area contributed by atoms with Crippen LogP contribution in [0.4, 0.5) is 32.0 Å². The average Bonchev–Trinajstić information content (AvgIpc) is 2.66. The Morgan fingerprint density at radius 3 is 1.88 bits per heavy atom. The molecule has 0 aliphatic heterocycles. The second-order valence-electron chi connectivity index (χ2n) is 6.73. The SMILES string of the molecule is CCOC(=O)[C@@](NC(C)=O)(Nc1cc([C@](O)(C(=O)OCC)C(F)(F)F)ccc1C)C(F)(F)F. The standard InChI is InChI=1S/C19H22F6N2O6/c1-5-32-14(29)16(31,18(20,21)22)12-8-7-10(3)13(9-12)27-17(19(23,24)25,26-11(4)28)15(30)33-6-2/h7-9,27,31H,5-6H2,1-4H3,(H,26,28)/t16-,17+/m0/s1. The normalized spacial score (nSPS) is 15.6. The summed E-state index contributed by atoms with van der Waals surface area (Å²) in [5.41, 5.74) is -10.2. The smallest absolute Gasteiger partial charge is 0.441 e. The Morgan fingerprint density at radius 1 is 0.939 bits per heavy atom. The highest BCUT2D eigenvalue weighted by molar-refractivity contribution is 5.91. The lowest BCUT2D eigenvalue weighted by molar-refractivity contribution is -0.267. The summed E-state index contributed by atoms with van der Waals surface area (Å²) in [4.78, 5) is 35.7. The summed E-state index contributed by atoms with van der Waals surface area (Å²) in [5.74, 6) is -5.42. The van der Waals surface area contributed by atoms with Crippen molar-refractivity contribution in [3.05, 3.63) is 29.3 Å². The van der Waals surface area contributed by atoms with Gasteiger partial charge in [0, 0.05) is 18.2 Å². The van der Waals surface area contributed by atoms with Crippen LogP contribution in [0.5, 0.6) is 0 Å². The van der Waals surface area contributed by atoms with E-state index in [0.29, 0.717) is 19.1 Å². The van der Waals surface area contributed by atoms with Gasteiger partial charge < -0.3 is 25.2 Å². The Balaban J connectivity index is 3.78. The second-order valence-corrected chi connectivity index (χ2v) is 6.73. The molecule has 0 spiro atoms.